The van der Waals surface area contributed by atoms with Gasteiger partial charge in [-0.3, -0.25) is 9.59 Å². The van der Waals surface area contributed by atoms with Crippen molar-refractivity contribution in [2.24, 2.45) is 0 Å². The summed E-state index contributed by atoms with van der Waals surface area (Å²) in [4.78, 5) is 27.9. The molecule has 2 aliphatic rings. The van der Waals surface area contributed by atoms with Gasteiger partial charge in [0.15, 0.2) is 0 Å². The summed E-state index contributed by atoms with van der Waals surface area (Å²) in [5, 5.41) is 0. The monoisotopic (exact) mass is 362 g/mol. The van der Waals surface area contributed by atoms with Gasteiger partial charge in [-0.05, 0) is 24.3 Å². The molecular formula is C19H26N2O5. The molecule has 142 valence electrons. The number of nitrogens with zero attached hydrogens (tertiary/aromatic N) is 2. The number of likely N-dealkylation sites (tertiary alicyclic amines) is 1. The zero-order valence-electron chi connectivity index (χ0n) is 15.2. The topological polar surface area (TPSA) is 68.3 Å². The highest BCUT2D eigenvalue weighted by Crippen LogP contribution is 2.20. The summed E-state index contributed by atoms with van der Waals surface area (Å²) in [6.07, 6.45) is 1.68. The van der Waals surface area contributed by atoms with Crippen molar-refractivity contribution < 1.29 is 23.8 Å². The van der Waals surface area contributed by atoms with Gasteiger partial charge in [-0.15, -0.1) is 0 Å². The van der Waals surface area contributed by atoms with Crippen molar-refractivity contribution in [3.8, 4) is 5.75 Å². The van der Waals surface area contributed by atoms with Gasteiger partial charge in [-0.2, -0.15) is 0 Å². The molecule has 0 aromatic heterocycles. The van der Waals surface area contributed by atoms with E-state index in [9.17, 15) is 9.59 Å². The Labute approximate surface area is 153 Å². The van der Waals surface area contributed by atoms with Crippen LogP contribution in [0.4, 0.5) is 0 Å². The van der Waals surface area contributed by atoms with Crippen LogP contribution in [0.25, 0.3) is 0 Å². The highest BCUT2D eigenvalue weighted by Gasteiger charge is 2.24. The first-order valence-corrected chi connectivity index (χ1v) is 9.08. The molecule has 1 aromatic carbocycles. The predicted octanol–water partition coefficient (Wildman–Crippen LogP) is 1.18. The number of ether oxygens (including phenoxy) is 3. The van der Waals surface area contributed by atoms with Crippen LogP contribution >= 0.6 is 0 Å². The Kier molecular flexibility index (Phi) is 6.46. The highest BCUT2D eigenvalue weighted by atomic mass is 16.5. The fraction of sp³-hybridized carbons (Fsp3) is 0.579. The average molecular weight is 362 g/mol. The molecule has 0 radical (unpaired) electrons. The van der Waals surface area contributed by atoms with Crippen LogP contribution in [0.1, 0.15) is 23.2 Å². The second-order valence-electron chi connectivity index (χ2n) is 6.56. The van der Waals surface area contributed by atoms with E-state index in [1.54, 1.807) is 0 Å². The maximum atomic E-state index is 12.4. The van der Waals surface area contributed by atoms with Gasteiger partial charge in [-0.1, -0.05) is 0 Å². The van der Waals surface area contributed by atoms with E-state index in [1.807, 2.05) is 34.1 Å². The third-order valence-corrected chi connectivity index (χ3v) is 4.76. The number of hydrogen-bond donors (Lipinski definition) is 0. The average Bonchev–Trinajstić information content (AvgIpc) is 2.69. The van der Waals surface area contributed by atoms with Crippen molar-refractivity contribution in [1.29, 1.82) is 0 Å². The molecule has 0 spiro atoms. The summed E-state index contributed by atoms with van der Waals surface area (Å²) in [5.74, 6) is 0.812. The summed E-state index contributed by atoms with van der Waals surface area (Å²) in [5.41, 5.74) is 0.666. The van der Waals surface area contributed by atoms with Gasteiger partial charge in [0.25, 0.3) is 5.91 Å². The first-order chi connectivity index (χ1) is 12.7. The van der Waals surface area contributed by atoms with E-state index >= 15 is 0 Å². The van der Waals surface area contributed by atoms with Gasteiger partial charge in [-0.25, -0.2) is 0 Å². The summed E-state index contributed by atoms with van der Waals surface area (Å²) in [6.45, 7) is 3.96. The molecule has 0 unspecified atom stereocenters. The molecule has 0 saturated carbocycles. The lowest BCUT2D eigenvalue weighted by Crippen LogP contribution is -2.43. The number of rotatable bonds is 5. The fourth-order valence-electron chi connectivity index (χ4n) is 3.26. The smallest absolute Gasteiger partial charge is 0.254 e. The molecular weight excluding hydrogens is 336 g/mol. The van der Waals surface area contributed by atoms with E-state index in [-0.39, 0.29) is 24.5 Å². The van der Waals surface area contributed by atoms with E-state index in [0.29, 0.717) is 45.0 Å². The van der Waals surface area contributed by atoms with E-state index in [1.165, 1.54) is 7.11 Å². The number of hydrogen-bond acceptors (Lipinski definition) is 5. The van der Waals surface area contributed by atoms with Crippen molar-refractivity contribution in [2.75, 3.05) is 53.1 Å². The van der Waals surface area contributed by atoms with Crippen LogP contribution in [0.2, 0.25) is 0 Å². The van der Waals surface area contributed by atoms with Crippen LogP contribution in [0.5, 0.6) is 5.75 Å². The Balaban J connectivity index is 1.49. The molecule has 2 saturated heterocycles. The van der Waals surface area contributed by atoms with Crippen LogP contribution in [0.3, 0.4) is 0 Å². The number of methoxy groups -OCH3 is 1. The number of amides is 2. The molecule has 7 nitrogen and oxygen atoms in total. The van der Waals surface area contributed by atoms with Crippen molar-refractivity contribution in [3.05, 3.63) is 29.8 Å². The number of carbonyl (C=O) groups excluding carboxylic acids is 2. The SMILES string of the molecule is COCC(=O)N1CCC(Oc2ccc(C(=O)N3CCOCC3)cc2)CC1. The zero-order valence-corrected chi connectivity index (χ0v) is 15.2. The van der Waals surface area contributed by atoms with Gasteiger partial charge in [0.1, 0.15) is 18.5 Å². The molecule has 7 heteroatoms. The molecule has 0 N–H and O–H groups in total. The van der Waals surface area contributed by atoms with Crippen molar-refractivity contribution in [1.82, 2.24) is 9.80 Å². The Morgan fingerprint density at radius 1 is 1.04 bits per heavy atom. The minimum atomic E-state index is 0.0249. The van der Waals surface area contributed by atoms with Crippen LogP contribution in [0, 0.1) is 0 Å². The normalized spacial score (nSPS) is 18.7. The quantitative estimate of drug-likeness (QED) is 0.787. The number of morpholine rings is 1. The number of carbonyl (C=O) groups is 2. The maximum absolute atomic E-state index is 12.4. The van der Waals surface area contributed by atoms with Gasteiger partial charge in [0.05, 0.1) is 13.2 Å². The van der Waals surface area contributed by atoms with Crippen LogP contribution in [-0.4, -0.2) is 80.8 Å². The Morgan fingerprint density at radius 2 is 1.69 bits per heavy atom. The highest BCUT2D eigenvalue weighted by molar-refractivity contribution is 5.94. The molecule has 3 rings (SSSR count). The molecule has 1 aromatic rings. The van der Waals surface area contributed by atoms with Crippen molar-refractivity contribution in [3.63, 3.8) is 0 Å². The van der Waals surface area contributed by atoms with Gasteiger partial charge in [0.2, 0.25) is 5.91 Å². The summed E-state index contributed by atoms with van der Waals surface area (Å²) < 4.78 is 16.2. The number of benzene rings is 1. The summed E-state index contributed by atoms with van der Waals surface area (Å²) >= 11 is 0. The molecule has 26 heavy (non-hydrogen) atoms. The van der Waals surface area contributed by atoms with Crippen LogP contribution < -0.4 is 4.74 Å². The number of piperidine rings is 1. The molecule has 2 aliphatic heterocycles. The maximum Gasteiger partial charge on any atom is 0.254 e. The third-order valence-electron chi connectivity index (χ3n) is 4.76. The van der Waals surface area contributed by atoms with E-state index in [2.05, 4.69) is 0 Å². The largest absolute Gasteiger partial charge is 0.490 e. The second-order valence-corrected chi connectivity index (χ2v) is 6.56. The first kappa shape index (κ1) is 18.7. The molecule has 0 aliphatic carbocycles. The lowest BCUT2D eigenvalue weighted by atomic mass is 10.1. The standard InChI is InChI=1S/C19H26N2O5/c1-24-14-18(22)20-8-6-17(7-9-20)26-16-4-2-15(3-5-16)19(23)21-10-12-25-13-11-21/h2-5,17H,6-14H2,1H3. The van der Waals surface area contributed by atoms with Crippen molar-refractivity contribution in [2.45, 2.75) is 18.9 Å². The van der Waals surface area contributed by atoms with Gasteiger partial charge >= 0.3 is 0 Å². The lowest BCUT2D eigenvalue weighted by molar-refractivity contribution is -0.136. The molecule has 0 atom stereocenters. The Morgan fingerprint density at radius 3 is 2.31 bits per heavy atom. The molecule has 0 bridgehead atoms. The molecule has 2 fully saturated rings. The predicted molar refractivity (Wildman–Crippen MR) is 95.3 cm³/mol. The Hall–Kier alpha value is -2.12. The summed E-state index contributed by atoms with van der Waals surface area (Å²) in [6, 6.07) is 7.31. The van der Waals surface area contributed by atoms with Crippen LogP contribution in [-0.2, 0) is 14.3 Å². The zero-order chi connectivity index (χ0) is 18.4. The van der Waals surface area contributed by atoms with E-state index in [0.717, 1.165) is 18.6 Å². The van der Waals surface area contributed by atoms with Crippen LogP contribution in [0.15, 0.2) is 24.3 Å². The molecule has 2 heterocycles. The van der Waals surface area contributed by atoms with E-state index in [4.69, 9.17) is 14.2 Å². The second kappa shape index (κ2) is 9.00. The van der Waals surface area contributed by atoms with Gasteiger partial charge in [0, 0.05) is 51.7 Å². The Bertz CT molecular complexity index is 605. The minimum Gasteiger partial charge on any atom is -0.490 e. The van der Waals surface area contributed by atoms with Crippen molar-refractivity contribution >= 4 is 11.8 Å². The summed E-state index contributed by atoms with van der Waals surface area (Å²) in [7, 11) is 1.53. The van der Waals surface area contributed by atoms with E-state index < -0.39 is 0 Å². The third kappa shape index (κ3) is 4.74. The fourth-order valence-corrected chi connectivity index (χ4v) is 3.26. The lowest BCUT2D eigenvalue weighted by Gasteiger charge is -2.32. The first-order valence-electron chi connectivity index (χ1n) is 9.08. The van der Waals surface area contributed by atoms with Gasteiger partial charge < -0.3 is 24.0 Å². The molecule has 2 amide bonds. The minimum absolute atomic E-state index is 0.0249.